The molecule has 0 radical (unpaired) electrons. The summed E-state index contributed by atoms with van der Waals surface area (Å²) in [5, 5.41) is 9.17. The minimum absolute atomic E-state index is 0.136. The highest BCUT2D eigenvalue weighted by atomic mass is 16.5. The summed E-state index contributed by atoms with van der Waals surface area (Å²) < 4.78 is 7.40. The lowest BCUT2D eigenvalue weighted by Crippen LogP contribution is -2.34. The monoisotopic (exact) mass is 469 g/mol. The van der Waals surface area contributed by atoms with Crippen molar-refractivity contribution in [2.24, 2.45) is 0 Å². The Balaban J connectivity index is 1.51. The molecular weight excluding hydrogens is 442 g/mol. The summed E-state index contributed by atoms with van der Waals surface area (Å²) >= 11 is 0. The molecule has 4 aromatic rings. The van der Waals surface area contributed by atoms with E-state index in [1.54, 1.807) is 12.4 Å². The summed E-state index contributed by atoms with van der Waals surface area (Å²) in [6.45, 7) is 5.71. The van der Waals surface area contributed by atoms with E-state index in [0.717, 1.165) is 22.2 Å². The second-order valence-corrected chi connectivity index (χ2v) is 8.85. The number of carboxylic acids is 1. The Bertz CT molecular complexity index is 1380. The lowest BCUT2D eigenvalue weighted by atomic mass is 10.1. The van der Waals surface area contributed by atoms with E-state index < -0.39 is 11.6 Å². The first-order chi connectivity index (χ1) is 16.7. The van der Waals surface area contributed by atoms with Crippen molar-refractivity contribution in [3.05, 3.63) is 101 Å². The van der Waals surface area contributed by atoms with Crippen molar-refractivity contribution in [2.75, 3.05) is 0 Å². The molecule has 2 aromatic heterocycles. The number of fused-ring (bicyclic) bond motifs is 1. The van der Waals surface area contributed by atoms with E-state index in [2.05, 4.69) is 9.97 Å². The van der Waals surface area contributed by atoms with Crippen molar-refractivity contribution >= 4 is 28.9 Å². The predicted molar refractivity (Wildman–Crippen MR) is 134 cm³/mol. The second kappa shape index (κ2) is 10.0. The number of ketones is 1. The molecule has 0 aliphatic rings. The van der Waals surface area contributed by atoms with Crippen molar-refractivity contribution < 1.29 is 19.4 Å². The number of allylic oxidation sites excluding steroid dienone is 1. The molecule has 178 valence electrons. The van der Waals surface area contributed by atoms with Gasteiger partial charge in [-0.25, -0.2) is 9.78 Å². The summed E-state index contributed by atoms with van der Waals surface area (Å²) in [7, 11) is 0. The van der Waals surface area contributed by atoms with E-state index in [1.807, 2.05) is 78.2 Å². The average molecular weight is 470 g/mol. The molecule has 7 heteroatoms. The number of ether oxygens (including phenoxy) is 1. The fourth-order valence-electron chi connectivity index (χ4n) is 3.52. The number of carbonyl (C=O) groups is 2. The molecule has 0 saturated carbocycles. The van der Waals surface area contributed by atoms with Crippen molar-refractivity contribution in [3.8, 4) is 0 Å². The third-order valence-electron chi connectivity index (χ3n) is 5.76. The predicted octanol–water partition coefficient (Wildman–Crippen LogP) is 5.06. The van der Waals surface area contributed by atoms with Gasteiger partial charge in [-0.3, -0.25) is 9.78 Å². The SMILES string of the molecule is Cc1ccc(C(=O)c2nc3cnccc3n2CC=Cc2ccc(COC(C)(C)C(=O)O)cc2)cc1. The van der Waals surface area contributed by atoms with Gasteiger partial charge in [0.05, 0.1) is 18.3 Å². The van der Waals surface area contributed by atoms with E-state index in [1.165, 1.54) is 13.8 Å². The Morgan fingerprint density at radius 1 is 1.06 bits per heavy atom. The quantitative estimate of drug-likeness (QED) is 0.344. The number of benzene rings is 2. The van der Waals surface area contributed by atoms with Gasteiger partial charge in [-0.1, -0.05) is 66.2 Å². The van der Waals surface area contributed by atoms with Crippen LogP contribution in [0.5, 0.6) is 0 Å². The average Bonchev–Trinajstić information content (AvgIpc) is 3.22. The minimum Gasteiger partial charge on any atom is -0.479 e. The van der Waals surface area contributed by atoms with Crippen LogP contribution in [0.25, 0.3) is 17.1 Å². The van der Waals surface area contributed by atoms with Crippen LogP contribution in [0.1, 0.15) is 46.7 Å². The van der Waals surface area contributed by atoms with Gasteiger partial charge in [0.1, 0.15) is 5.52 Å². The molecule has 0 unspecified atom stereocenters. The van der Waals surface area contributed by atoms with Gasteiger partial charge in [0.2, 0.25) is 5.78 Å². The van der Waals surface area contributed by atoms with Crippen LogP contribution in [0.3, 0.4) is 0 Å². The largest absolute Gasteiger partial charge is 0.479 e. The van der Waals surface area contributed by atoms with Gasteiger partial charge in [-0.05, 0) is 38.0 Å². The van der Waals surface area contributed by atoms with E-state index >= 15 is 0 Å². The van der Waals surface area contributed by atoms with Crippen molar-refractivity contribution in [1.29, 1.82) is 0 Å². The van der Waals surface area contributed by atoms with E-state index in [-0.39, 0.29) is 12.4 Å². The number of rotatable bonds is 9. The highest BCUT2D eigenvalue weighted by molar-refractivity contribution is 6.08. The molecule has 4 rings (SSSR count). The number of imidazole rings is 1. The van der Waals surface area contributed by atoms with E-state index in [4.69, 9.17) is 9.84 Å². The van der Waals surface area contributed by atoms with Gasteiger partial charge in [0.25, 0.3) is 0 Å². The molecule has 0 fully saturated rings. The van der Waals surface area contributed by atoms with Crippen molar-refractivity contribution in [1.82, 2.24) is 14.5 Å². The Labute approximate surface area is 203 Å². The van der Waals surface area contributed by atoms with Crippen LogP contribution in [0, 0.1) is 6.92 Å². The Hall–Kier alpha value is -4.10. The molecule has 0 spiro atoms. The molecule has 2 aromatic carbocycles. The molecule has 0 amide bonds. The first kappa shape index (κ1) is 24.0. The molecule has 0 aliphatic heterocycles. The van der Waals surface area contributed by atoms with Crippen LogP contribution < -0.4 is 0 Å². The molecule has 35 heavy (non-hydrogen) atoms. The molecule has 0 bridgehead atoms. The summed E-state index contributed by atoms with van der Waals surface area (Å²) in [5.41, 5.74) is 3.81. The molecular formula is C28H27N3O4. The van der Waals surface area contributed by atoms with Crippen LogP contribution in [-0.4, -0.2) is 37.0 Å². The zero-order valence-electron chi connectivity index (χ0n) is 19.9. The van der Waals surface area contributed by atoms with Crippen LogP contribution in [0.4, 0.5) is 0 Å². The molecule has 2 heterocycles. The Kier molecular flexibility index (Phi) is 6.89. The van der Waals surface area contributed by atoms with Crippen molar-refractivity contribution in [3.63, 3.8) is 0 Å². The fourth-order valence-corrected chi connectivity index (χ4v) is 3.52. The normalized spacial score (nSPS) is 11.9. The number of carboxylic acid groups (broad SMARTS) is 1. The zero-order chi connectivity index (χ0) is 25.0. The van der Waals surface area contributed by atoms with E-state index in [9.17, 15) is 9.59 Å². The highest BCUT2D eigenvalue weighted by Gasteiger charge is 2.27. The van der Waals surface area contributed by atoms with Gasteiger partial charge in [0, 0.05) is 18.3 Å². The van der Waals surface area contributed by atoms with Crippen molar-refractivity contribution in [2.45, 2.75) is 39.5 Å². The van der Waals surface area contributed by atoms with Crippen LogP contribution in [0.15, 0.2) is 73.1 Å². The number of aliphatic carboxylic acids is 1. The zero-order valence-corrected chi connectivity index (χ0v) is 19.9. The van der Waals surface area contributed by atoms with Crippen LogP contribution in [-0.2, 0) is 22.7 Å². The maximum absolute atomic E-state index is 13.2. The molecule has 7 nitrogen and oxygen atoms in total. The highest BCUT2D eigenvalue weighted by Crippen LogP contribution is 2.19. The van der Waals surface area contributed by atoms with Gasteiger partial charge in [-0.15, -0.1) is 0 Å². The number of hydrogen-bond acceptors (Lipinski definition) is 5. The number of nitrogens with zero attached hydrogens (tertiary/aromatic N) is 3. The molecule has 1 N–H and O–H groups in total. The van der Waals surface area contributed by atoms with Gasteiger partial charge in [0.15, 0.2) is 11.4 Å². The first-order valence-electron chi connectivity index (χ1n) is 11.3. The van der Waals surface area contributed by atoms with E-state index in [0.29, 0.717) is 23.4 Å². The lowest BCUT2D eigenvalue weighted by Gasteiger charge is -2.20. The van der Waals surface area contributed by atoms with Crippen LogP contribution >= 0.6 is 0 Å². The standard InChI is InChI=1S/C28H27N3O4/c1-19-6-12-22(13-7-19)25(32)26-30-23-17-29-15-14-24(23)31(26)16-4-5-20-8-10-21(11-9-20)18-35-28(2,3)27(33)34/h4-15,17H,16,18H2,1-3H3,(H,33,34). The number of hydrogen-bond donors (Lipinski definition) is 1. The number of pyridine rings is 1. The Morgan fingerprint density at radius 3 is 2.46 bits per heavy atom. The number of aryl methyl sites for hydroxylation is 1. The fraction of sp³-hybridized carbons (Fsp3) is 0.214. The lowest BCUT2D eigenvalue weighted by molar-refractivity contribution is -0.162. The minimum atomic E-state index is -1.24. The van der Waals surface area contributed by atoms with Crippen LogP contribution in [0.2, 0.25) is 0 Å². The van der Waals surface area contributed by atoms with Gasteiger partial charge < -0.3 is 14.4 Å². The Morgan fingerprint density at radius 2 is 1.77 bits per heavy atom. The number of aromatic nitrogens is 3. The van der Waals surface area contributed by atoms with Gasteiger partial charge in [-0.2, -0.15) is 0 Å². The molecule has 0 aliphatic carbocycles. The van der Waals surface area contributed by atoms with Gasteiger partial charge >= 0.3 is 5.97 Å². The third-order valence-corrected chi connectivity index (χ3v) is 5.76. The maximum atomic E-state index is 13.2. The first-order valence-corrected chi connectivity index (χ1v) is 11.3. The molecule has 0 atom stereocenters. The summed E-state index contributed by atoms with van der Waals surface area (Å²) in [4.78, 5) is 33.1. The smallest absolute Gasteiger partial charge is 0.335 e. The summed E-state index contributed by atoms with van der Waals surface area (Å²) in [5.74, 6) is -0.765. The summed E-state index contributed by atoms with van der Waals surface area (Å²) in [6, 6.07) is 17.0. The topological polar surface area (TPSA) is 94.3 Å². The summed E-state index contributed by atoms with van der Waals surface area (Å²) in [6.07, 6.45) is 7.30. The maximum Gasteiger partial charge on any atom is 0.335 e. The third kappa shape index (κ3) is 5.53. The molecule has 0 saturated heterocycles. The second-order valence-electron chi connectivity index (χ2n) is 8.85. The number of carbonyl (C=O) groups excluding carboxylic acids is 1.